The third-order valence-electron chi connectivity index (χ3n) is 1.57. The molecule has 0 saturated carbocycles. The number of methoxy groups -OCH3 is 1. The second kappa shape index (κ2) is 5.15. The number of hydrogen-bond acceptors (Lipinski definition) is 3. The fourth-order valence-electron chi connectivity index (χ4n) is 0.907. The van der Waals surface area contributed by atoms with Crippen LogP contribution in [0.25, 0.3) is 0 Å². The number of nitrogens with zero attached hydrogens (tertiary/aromatic N) is 1. The summed E-state index contributed by atoms with van der Waals surface area (Å²) in [4.78, 5) is 15.0. The lowest BCUT2D eigenvalue weighted by molar-refractivity contribution is 0.0591. The first-order chi connectivity index (χ1) is 6.97. The van der Waals surface area contributed by atoms with E-state index in [9.17, 15) is 13.6 Å². The summed E-state index contributed by atoms with van der Waals surface area (Å²) in [6.07, 6.45) is -2.65. The van der Waals surface area contributed by atoms with Crippen molar-refractivity contribution in [3.63, 3.8) is 0 Å². The highest BCUT2D eigenvalue weighted by Crippen LogP contribution is 2.28. The van der Waals surface area contributed by atoms with Crippen molar-refractivity contribution in [3.8, 4) is 0 Å². The predicted octanol–water partition coefficient (Wildman–Crippen LogP) is 3.17. The molecule has 0 aliphatic rings. The number of carbonyl (C=O) groups excluding carboxylic acids is 1. The molecule has 15 heavy (non-hydrogen) atoms. The highest BCUT2D eigenvalue weighted by atomic mass is 127. The van der Waals surface area contributed by atoms with Gasteiger partial charge in [-0.15, -0.1) is 0 Å². The van der Waals surface area contributed by atoms with Gasteiger partial charge in [0.05, 0.1) is 10.7 Å². The van der Waals surface area contributed by atoms with Crippen LogP contribution in [0.2, 0.25) is 0 Å². The number of ether oxygens (including phenoxy) is 1. The SMILES string of the molecule is COC(=O)c1nc(Br)cc(C(F)F)c1I. The third kappa shape index (κ3) is 2.83. The molecule has 0 aromatic carbocycles. The second-order valence-electron chi connectivity index (χ2n) is 2.49. The fourth-order valence-corrected chi connectivity index (χ4v) is 2.06. The van der Waals surface area contributed by atoms with Crippen LogP contribution in [0, 0.1) is 3.57 Å². The Morgan fingerprint density at radius 2 is 2.27 bits per heavy atom. The minimum absolute atomic E-state index is 0.109. The standard InChI is InChI=1S/C8H5BrF2INO2/c1-15-8(14)6-5(12)3(7(10)11)2-4(9)13-6/h2,7H,1H3. The average Bonchev–Trinajstić information content (AvgIpc) is 2.19. The van der Waals surface area contributed by atoms with Crippen LogP contribution in [-0.4, -0.2) is 18.1 Å². The molecule has 0 spiro atoms. The van der Waals surface area contributed by atoms with E-state index < -0.39 is 12.4 Å². The second-order valence-corrected chi connectivity index (χ2v) is 4.38. The van der Waals surface area contributed by atoms with Gasteiger partial charge in [0.1, 0.15) is 4.60 Å². The van der Waals surface area contributed by atoms with Crippen LogP contribution in [-0.2, 0) is 4.74 Å². The number of alkyl halides is 2. The molecule has 82 valence electrons. The molecule has 0 bridgehead atoms. The topological polar surface area (TPSA) is 39.2 Å². The molecule has 0 unspecified atom stereocenters. The molecule has 3 nitrogen and oxygen atoms in total. The van der Waals surface area contributed by atoms with E-state index in [1.165, 1.54) is 13.2 Å². The summed E-state index contributed by atoms with van der Waals surface area (Å²) >= 11 is 4.60. The minimum Gasteiger partial charge on any atom is -0.464 e. The summed E-state index contributed by atoms with van der Waals surface area (Å²) in [6.45, 7) is 0. The van der Waals surface area contributed by atoms with Gasteiger partial charge in [0.15, 0.2) is 5.69 Å². The van der Waals surface area contributed by atoms with E-state index in [4.69, 9.17) is 0 Å². The van der Waals surface area contributed by atoms with Gasteiger partial charge in [-0.05, 0) is 44.6 Å². The third-order valence-corrected chi connectivity index (χ3v) is 3.11. The molecule has 7 heteroatoms. The zero-order valence-corrected chi connectivity index (χ0v) is 11.2. The van der Waals surface area contributed by atoms with Gasteiger partial charge < -0.3 is 4.74 Å². The van der Waals surface area contributed by atoms with Crippen LogP contribution >= 0.6 is 38.5 Å². The smallest absolute Gasteiger partial charge is 0.357 e. The Morgan fingerprint density at radius 1 is 1.67 bits per heavy atom. The average molecular weight is 392 g/mol. The van der Waals surface area contributed by atoms with E-state index in [-0.39, 0.29) is 19.4 Å². The maximum atomic E-state index is 12.5. The van der Waals surface area contributed by atoms with Crippen LogP contribution in [0.15, 0.2) is 10.7 Å². The number of esters is 1. The quantitative estimate of drug-likeness (QED) is 0.441. The van der Waals surface area contributed by atoms with E-state index in [1.54, 1.807) is 22.6 Å². The van der Waals surface area contributed by atoms with Crippen LogP contribution in [0.4, 0.5) is 8.78 Å². The molecule has 1 aromatic rings. The van der Waals surface area contributed by atoms with Gasteiger partial charge in [0.25, 0.3) is 6.43 Å². The minimum atomic E-state index is -2.65. The maximum Gasteiger partial charge on any atom is 0.357 e. The molecule has 1 rings (SSSR count). The molecule has 1 heterocycles. The summed E-state index contributed by atoms with van der Waals surface area (Å²) in [6, 6.07) is 1.18. The predicted molar refractivity (Wildman–Crippen MR) is 61.0 cm³/mol. The summed E-state index contributed by atoms with van der Waals surface area (Å²) < 4.78 is 29.8. The lowest BCUT2D eigenvalue weighted by Gasteiger charge is -2.07. The van der Waals surface area contributed by atoms with E-state index in [2.05, 4.69) is 25.7 Å². The van der Waals surface area contributed by atoms with Crippen LogP contribution in [0.1, 0.15) is 22.5 Å². The number of carbonyl (C=O) groups is 1. The molecule has 0 amide bonds. The van der Waals surface area contributed by atoms with Gasteiger partial charge in [0, 0.05) is 5.56 Å². The maximum absolute atomic E-state index is 12.5. The zero-order chi connectivity index (χ0) is 11.6. The van der Waals surface area contributed by atoms with Crippen molar-refractivity contribution in [2.45, 2.75) is 6.43 Å². The number of rotatable bonds is 2. The molecule has 0 radical (unpaired) electrons. The van der Waals surface area contributed by atoms with E-state index in [1.807, 2.05) is 0 Å². The summed E-state index contributed by atoms with van der Waals surface area (Å²) in [5.74, 6) is -0.734. The van der Waals surface area contributed by atoms with Crippen molar-refractivity contribution in [2.75, 3.05) is 7.11 Å². The molecule has 0 fully saturated rings. The van der Waals surface area contributed by atoms with Gasteiger partial charge in [-0.25, -0.2) is 18.6 Å². The first-order valence-corrected chi connectivity index (χ1v) is 5.57. The Labute approximate surface area is 106 Å². The summed E-state index contributed by atoms with van der Waals surface area (Å²) in [5.41, 5.74) is -0.347. The molecule has 0 saturated heterocycles. The fraction of sp³-hybridized carbons (Fsp3) is 0.250. The number of halogens is 4. The van der Waals surface area contributed by atoms with Crippen molar-refractivity contribution in [1.29, 1.82) is 0 Å². The van der Waals surface area contributed by atoms with Gasteiger partial charge in [-0.2, -0.15) is 0 Å². The first-order valence-electron chi connectivity index (χ1n) is 3.69. The Hall–Kier alpha value is -0.310. The zero-order valence-electron chi connectivity index (χ0n) is 7.43. The highest BCUT2D eigenvalue weighted by Gasteiger charge is 2.21. The van der Waals surface area contributed by atoms with Crippen molar-refractivity contribution < 1.29 is 18.3 Å². The monoisotopic (exact) mass is 391 g/mol. The molecular weight excluding hydrogens is 387 g/mol. The number of hydrogen-bond donors (Lipinski definition) is 0. The van der Waals surface area contributed by atoms with Crippen LogP contribution in [0.5, 0.6) is 0 Å². The highest BCUT2D eigenvalue weighted by molar-refractivity contribution is 14.1. The number of pyridine rings is 1. The van der Waals surface area contributed by atoms with Crippen molar-refractivity contribution in [2.24, 2.45) is 0 Å². The van der Waals surface area contributed by atoms with Gasteiger partial charge in [-0.3, -0.25) is 0 Å². The van der Waals surface area contributed by atoms with E-state index in [0.717, 1.165) is 0 Å². The van der Waals surface area contributed by atoms with Gasteiger partial charge in [0.2, 0.25) is 0 Å². The lowest BCUT2D eigenvalue weighted by Crippen LogP contribution is -2.09. The molecular formula is C8H5BrF2INO2. The Balaban J connectivity index is 3.34. The van der Waals surface area contributed by atoms with Crippen molar-refractivity contribution >= 4 is 44.5 Å². The molecule has 0 atom stereocenters. The molecule has 0 aliphatic carbocycles. The largest absolute Gasteiger partial charge is 0.464 e. The Kier molecular flexibility index (Phi) is 4.38. The van der Waals surface area contributed by atoms with Gasteiger partial charge >= 0.3 is 5.97 Å². The normalized spacial score (nSPS) is 10.5. The first kappa shape index (κ1) is 12.8. The lowest BCUT2D eigenvalue weighted by atomic mass is 10.2. The van der Waals surface area contributed by atoms with Crippen LogP contribution < -0.4 is 0 Å². The summed E-state index contributed by atoms with van der Waals surface area (Å²) in [5, 5.41) is 0. The molecule has 0 N–H and O–H groups in total. The Bertz CT molecular complexity index is 400. The summed E-state index contributed by atoms with van der Waals surface area (Å²) in [7, 11) is 1.17. The Morgan fingerprint density at radius 3 is 2.73 bits per heavy atom. The van der Waals surface area contributed by atoms with E-state index >= 15 is 0 Å². The van der Waals surface area contributed by atoms with Crippen molar-refractivity contribution in [3.05, 3.63) is 25.5 Å². The van der Waals surface area contributed by atoms with Crippen LogP contribution in [0.3, 0.4) is 0 Å². The van der Waals surface area contributed by atoms with Crippen molar-refractivity contribution in [1.82, 2.24) is 4.98 Å². The van der Waals surface area contributed by atoms with Gasteiger partial charge in [-0.1, -0.05) is 0 Å². The van der Waals surface area contributed by atoms with E-state index in [0.29, 0.717) is 0 Å². The molecule has 0 aliphatic heterocycles. The number of aromatic nitrogens is 1. The molecule has 1 aromatic heterocycles.